The van der Waals surface area contributed by atoms with Gasteiger partial charge in [-0.15, -0.1) is 0 Å². The van der Waals surface area contributed by atoms with Crippen LogP contribution in [0.25, 0.3) is 0 Å². The van der Waals surface area contributed by atoms with Crippen molar-refractivity contribution < 1.29 is 0 Å². The van der Waals surface area contributed by atoms with Crippen molar-refractivity contribution >= 4 is 0 Å². The molecule has 3 nitrogen and oxygen atoms in total. The Morgan fingerprint density at radius 3 is 3.13 bits per heavy atom. The molecule has 1 saturated carbocycles. The number of hydrogen-bond acceptors (Lipinski definition) is 2. The van der Waals surface area contributed by atoms with Crippen LogP contribution in [0.3, 0.4) is 0 Å². The van der Waals surface area contributed by atoms with Gasteiger partial charge >= 0.3 is 0 Å². The van der Waals surface area contributed by atoms with Crippen LogP contribution >= 0.6 is 0 Å². The lowest BCUT2D eigenvalue weighted by Gasteiger charge is -2.07. The van der Waals surface area contributed by atoms with E-state index in [1.807, 2.05) is 12.5 Å². The molecule has 1 heterocycles. The maximum Gasteiger partial charge on any atom is 0.0948 e. The first-order valence-electron chi connectivity index (χ1n) is 6.12. The standard InChI is InChI=1S/C12H21N3/c1-2-4-12-9-13-10-15(12)8-3-7-14-11-5-6-11/h9-11,14H,2-8H2,1H3. The number of aromatic nitrogens is 2. The van der Waals surface area contributed by atoms with E-state index in [0.29, 0.717) is 0 Å². The van der Waals surface area contributed by atoms with Crippen molar-refractivity contribution in [3.8, 4) is 0 Å². The molecule has 0 bridgehead atoms. The van der Waals surface area contributed by atoms with E-state index in [4.69, 9.17) is 0 Å². The number of rotatable bonds is 7. The van der Waals surface area contributed by atoms with Crippen LogP contribution in [-0.2, 0) is 13.0 Å². The third-order valence-corrected chi connectivity index (χ3v) is 2.89. The highest BCUT2D eigenvalue weighted by Gasteiger charge is 2.19. The van der Waals surface area contributed by atoms with Gasteiger partial charge in [0, 0.05) is 24.5 Å². The Morgan fingerprint density at radius 1 is 1.53 bits per heavy atom. The summed E-state index contributed by atoms with van der Waals surface area (Å²) >= 11 is 0. The SMILES string of the molecule is CCCc1cncn1CCCNC1CC1. The van der Waals surface area contributed by atoms with Crippen molar-refractivity contribution in [2.45, 2.75) is 51.6 Å². The summed E-state index contributed by atoms with van der Waals surface area (Å²) < 4.78 is 2.29. The molecule has 84 valence electrons. The fourth-order valence-corrected chi connectivity index (χ4v) is 1.86. The summed E-state index contributed by atoms with van der Waals surface area (Å²) in [5.74, 6) is 0. The molecule has 2 rings (SSSR count). The minimum atomic E-state index is 0.836. The van der Waals surface area contributed by atoms with Crippen molar-refractivity contribution in [3.63, 3.8) is 0 Å². The van der Waals surface area contributed by atoms with E-state index in [0.717, 1.165) is 25.6 Å². The van der Waals surface area contributed by atoms with Crippen LogP contribution in [0.2, 0.25) is 0 Å². The Hall–Kier alpha value is -0.830. The van der Waals surface area contributed by atoms with E-state index in [1.54, 1.807) is 0 Å². The largest absolute Gasteiger partial charge is 0.335 e. The zero-order valence-corrected chi connectivity index (χ0v) is 9.58. The molecular weight excluding hydrogens is 186 g/mol. The van der Waals surface area contributed by atoms with E-state index in [-0.39, 0.29) is 0 Å². The Balaban J connectivity index is 1.68. The fraction of sp³-hybridized carbons (Fsp3) is 0.750. The van der Waals surface area contributed by atoms with Crippen molar-refractivity contribution in [3.05, 3.63) is 18.2 Å². The molecule has 1 aliphatic carbocycles. The third kappa shape index (κ3) is 3.34. The molecule has 0 amide bonds. The molecule has 3 heteroatoms. The number of imidazole rings is 1. The molecule has 0 spiro atoms. The van der Waals surface area contributed by atoms with Crippen molar-refractivity contribution in [2.75, 3.05) is 6.54 Å². The lowest BCUT2D eigenvalue weighted by molar-refractivity contribution is 0.564. The molecule has 15 heavy (non-hydrogen) atoms. The highest BCUT2D eigenvalue weighted by Crippen LogP contribution is 2.18. The summed E-state index contributed by atoms with van der Waals surface area (Å²) in [6.07, 6.45) is 10.3. The van der Waals surface area contributed by atoms with E-state index in [1.165, 1.54) is 31.4 Å². The van der Waals surface area contributed by atoms with Gasteiger partial charge in [-0.2, -0.15) is 0 Å². The Bertz CT molecular complexity index is 289. The van der Waals surface area contributed by atoms with Crippen molar-refractivity contribution in [1.29, 1.82) is 0 Å². The normalized spacial score (nSPS) is 15.8. The number of nitrogens with one attached hydrogen (secondary N) is 1. The van der Waals surface area contributed by atoms with Gasteiger partial charge in [0.2, 0.25) is 0 Å². The zero-order valence-electron chi connectivity index (χ0n) is 9.58. The minimum Gasteiger partial charge on any atom is -0.335 e. The molecule has 0 unspecified atom stereocenters. The smallest absolute Gasteiger partial charge is 0.0948 e. The quantitative estimate of drug-likeness (QED) is 0.693. The number of aryl methyl sites for hydroxylation is 2. The predicted octanol–water partition coefficient (Wildman–Crippen LogP) is 1.98. The lowest BCUT2D eigenvalue weighted by atomic mass is 10.2. The monoisotopic (exact) mass is 207 g/mol. The molecule has 0 aliphatic heterocycles. The predicted molar refractivity (Wildman–Crippen MR) is 61.9 cm³/mol. The molecule has 1 aromatic rings. The molecule has 1 aromatic heterocycles. The van der Waals surface area contributed by atoms with Crippen molar-refractivity contribution in [1.82, 2.24) is 14.9 Å². The minimum absolute atomic E-state index is 0.836. The van der Waals surface area contributed by atoms with Crippen LogP contribution < -0.4 is 5.32 Å². The zero-order chi connectivity index (χ0) is 10.5. The Morgan fingerprint density at radius 2 is 2.40 bits per heavy atom. The Kier molecular flexibility index (Phi) is 3.78. The Labute approximate surface area is 91.9 Å². The highest BCUT2D eigenvalue weighted by molar-refractivity contribution is 4.98. The van der Waals surface area contributed by atoms with Gasteiger partial charge in [0.15, 0.2) is 0 Å². The second-order valence-corrected chi connectivity index (χ2v) is 4.41. The van der Waals surface area contributed by atoms with Crippen LogP contribution in [0.15, 0.2) is 12.5 Å². The van der Waals surface area contributed by atoms with Crippen LogP contribution in [0, 0.1) is 0 Å². The second-order valence-electron chi connectivity index (χ2n) is 4.41. The van der Waals surface area contributed by atoms with E-state index in [9.17, 15) is 0 Å². The highest BCUT2D eigenvalue weighted by atomic mass is 15.0. The van der Waals surface area contributed by atoms with Gasteiger partial charge in [-0.1, -0.05) is 13.3 Å². The molecule has 0 atom stereocenters. The molecule has 0 radical (unpaired) electrons. The van der Waals surface area contributed by atoms with E-state index in [2.05, 4.69) is 21.8 Å². The summed E-state index contributed by atoms with van der Waals surface area (Å²) in [6.45, 7) is 4.47. The first-order chi connectivity index (χ1) is 7.40. The van der Waals surface area contributed by atoms with Gasteiger partial charge in [-0.05, 0) is 32.2 Å². The summed E-state index contributed by atoms with van der Waals surface area (Å²) in [4.78, 5) is 4.21. The number of nitrogens with zero attached hydrogens (tertiary/aromatic N) is 2. The maximum atomic E-state index is 4.21. The molecule has 0 aromatic carbocycles. The lowest BCUT2D eigenvalue weighted by Crippen LogP contribution is -2.19. The summed E-state index contributed by atoms with van der Waals surface area (Å²) in [7, 11) is 0. The maximum absolute atomic E-state index is 4.21. The van der Waals surface area contributed by atoms with Crippen LogP contribution in [0.4, 0.5) is 0 Å². The van der Waals surface area contributed by atoms with Crippen LogP contribution in [0.5, 0.6) is 0 Å². The number of hydrogen-bond donors (Lipinski definition) is 1. The molecular formula is C12H21N3. The molecule has 1 N–H and O–H groups in total. The van der Waals surface area contributed by atoms with Gasteiger partial charge in [0.05, 0.1) is 6.33 Å². The first-order valence-corrected chi connectivity index (χ1v) is 6.12. The fourth-order valence-electron chi connectivity index (χ4n) is 1.86. The summed E-state index contributed by atoms with van der Waals surface area (Å²) in [5, 5.41) is 3.54. The van der Waals surface area contributed by atoms with Gasteiger partial charge in [0.1, 0.15) is 0 Å². The molecule has 0 saturated heterocycles. The molecule has 1 fully saturated rings. The molecule has 1 aliphatic rings. The van der Waals surface area contributed by atoms with Crippen LogP contribution in [-0.4, -0.2) is 22.1 Å². The average molecular weight is 207 g/mol. The van der Waals surface area contributed by atoms with Gasteiger partial charge in [0.25, 0.3) is 0 Å². The van der Waals surface area contributed by atoms with Crippen LogP contribution in [0.1, 0.15) is 38.3 Å². The first kappa shape index (κ1) is 10.7. The van der Waals surface area contributed by atoms with Gasteiger partial charge < -0.3 is 9.88 Å². The summed E-state index contributed by atoms with van der Waals surface area (Å²) in [5.41, 5.74) is 1.38. The third-order valence-electron chi connectivity index (χ3n) is 2.89. The van der Waals surface area contributed by atoms with Crippen molar-refractivity contribution in [2.24, 2.45) is 0 Å². The van der Waals surface area contributed by atoms with E-state index < -0.39 is 0 Å². The second kappa shape index (κ2) is 5.31. The van der Waals surface area contributed by atoms with E-state index >= 15 is 0 Å². The topological polar surface area (TPSA) is 29.9 Å². The summed E-state index contributed by atoms with van der Waals surface area (Å²) in [6, 6.07) is 0.836. The van der Waals surface area contributed by atoms with Gasteiger partial charge in [-0.25, -0.2) is 4.98 Å². The average Bonchev–Trinajstić information content (AvgIpc) is 2.96. The van der Waals surface area contributed by atoms with Gasteiger partial charge in [-0.3, -0.25) is 0 Å².